The molecule has 0 aliphatic carbocycles. The van der Waals surface area contributed by atoms with Gasteiger partial charge in [0.1, 0.15) is 23.9 Å². The Morgan fingerprint density at radius 3 is 2.87 bits per heavy atom. The zero-order valence-corrected chi connectivity index (χ0v) is 16.9. The van der Waals surface area contributed by atoms with Crippen LogP contribution in [0.15, 0.2) is 29.1 Å². The van der Waals surface area contributed by atoms with Crippen LogP contribution >= 0.6 is 11.3 Å². The Morgan fingerprint density at radius 1 is 1.23 bits per heavy atom. The molecule has 1 fully saturated rings. The van der Waals surface area contributed by atoms with Gasteiger partial charge in [-0.3, -0.25) is 14.4 Å². The van der Waals surface area contributed by atoms with Crippen molar-refractivity contribution in [1.82, 2.24) is 20.5 Å². The summed E-state index contributed by atoms with van der Waals surface area (Å²) in [6.45, 7) is 0.544. The Bertz CT molecular complexity index is 952. The molecule has 0 radical (unpaired) electrons. The largest absolute Gasteiger partial charge is 0.491 e. The maximum absolute atomic E-state index is 13.7. The summed E-state index contributed by atoms with van der Waals surface area (Å²) >= 11 is 1.32. The highest BCUT2D eigenvalue weighted by Crippen LogP contribution is 2.29. The number of nitrogens with zero attached hydrogens (tertiary/aromatic N) is 2. The van der Waals surface area contributed by atoms with Gasteiger partial charge in [-0.2, -0.15) is 0 Å². The van der Waals surface area contributed by atoms with Crippen molar-refractivity contribution in [3.8, 4) is 5.75 Å². The van der Waals surface area contributed by atoms with Crippen molar-refractivity contribution in [3.05, 3.63) is 46.2 Å². The van der Waals surface area contributed by atoms with Crippen LogP contribution in [-0.4, -0.2) is 59.4 Å². The molecule has 4 rings (SSSR count). The number of rotatable bonds is 1. The summed E-state index contributed by atoms with van der Waals surface area (Å²) in [5.74, 6) is -1.23. The fourth-order valence-electron chi connectivity index (χ4n) is 3.89. The van der Waals surface area contributed by atoms with E-state index in [0.29, 0.717) is 18.5 Å². The van der Waals surface area contributed by atoms with E-state index in [1.807, 2.05) is 0 Å². The molecule has 2 aromatic rings. The number of hydrogen-bond donors (Lipinski definition) is 2. The Kier molecular flexibility index (Phi) is 5.93. The summed E-state index contributed by atoms with van der Waals surface area (Å²) in [4.78, 5) is 43.9. The van der Waals surface area contributed by atoms with Crippen LogP contribution in [0.5, 0.6) is 5.75 Å². The number of ether oxygens (including phenoxy) is 1. The second-order valence-electron chi connectivity index (χ2n) is 7.22. The van der Waals surface area contributed by atoms with Gasteiger partial charge < -0.3 is 20.3 Å². The predicted molar refractivity (Wildman–Crippen MR) is 107 cm³/mol. The third-order valence-electron chi connectivity index (χ3n) is 5.29. The molecule has 30 heavy (non-hydrogen) atoms. The first kappa shape index (κ1) is 20.3. The predicted octanol–water partition coefficient (Wildman–Crippen LogP) is 1.58. The molecular formula is C20H21FN4O4S. The number of hydrogen-bond acceptors (Lipinski definition) is 6. The van der Waals surface area contributed by atoms with E-state index in [0.717, 1.165) is 6.07 Å². The van der Waals surface area contributed by atoms with Crippen molar-refractivity contribution >= 4 is 29.1 Å². The zero-order valence-electron chi connectivity index (χ0n) is 16.1. The van der Waals surface area contributed by atoms with Gasteiger partial charge in [0.15, 0.2) is 0 Å². The SMILES string of the molecule is O=C1C[C@@H]2CC[C@H](CNC(=O)c3cc(F)ccc3OCCN1)N2C(=O)c1cscn1. The number of amides is 3. The molecule has 1 aromatic heterocycles. The van der Waals surface area contributed by atoms with Crippen molar-refractivity contribution in [2.24, 2.45) is 0 Å². The topological polar surface area (TPSA) is 101 Å². The van der Waals surface area contributed by atoms with Crippen LogP contribution in [0.3, 0.4) is 0 Å². The highest BCUT2D eigenvalue weighted by Gasteiger charge is 2.39. The van der Waals surface area contributed by atoms with Crippen molar-refractivity contribution in [3.63, 3.8) is 0 Å². The van der Waals surface area contributed by atoms with Crippen molar-refractivity contribution < 1.29 is 23.5 Å². The molecule has 0 saturated carbocycles. The highest BCUT2D eigenvalue weighted by molar-refractivity contribution is 7.07. The quantitative estimate of drug-likeness (QED) is 0.713. The molecule has 2 aliphatic rings. The molecule has 2 N–H and O–H groups in total. The standard InChI is InChI=1S/C20H21FN4O4S/c21-12-1-4-17-15(7-12)19(27)23-9-14-3-2-13(8-18(26)22-5-6-29-17)25(14)20(28)16-10-30-11-24-16/h1,4,7,10-11,13-14H,2-3,5-6,8-9H2,(H,22,26)(H,23,27)/t13-,14+/m0/s1. The maximum atomic E-state index is 13.7. The van der Waals surface area contributed by atoms with Gasteiger partial charge >= 0.3 is 0 Å². The van der Waals surface area contributed by atoms with E-state index in [1.165, 1.54) is 23.5 Å². The third kappa shape index (κ3) is 4.28. The lowest BCUT2D eigenvalue weighted by Crippen LogP contribution is -2.48. The first-order valence-corrected chi connectivity index (χ1v) is 10.7. The molecule has 0 spiro atoms. The minimum Gasteiger partial charge on any atom is -0.491 e. The van der Waals surface area contributed by atoms with Crippen molar-refractivity contribution in [1.29, 1.82) is 0 Å². The average molecular weight is 432 g/mol. The number of halogens is 1. The number of benzene rings is 1. The number of nitrogens with one attached hydrogen (secondary N) is 2. The Hall–Kier alpha value is -3.01. The van der Waals surface area contributed by atoms with Crippen LogP contribution in [0.2, 0.25) is 0 Å². The van der Waals surface area contributed by atoms with E-state index >= 15 is 0 Å². The monoisotopic (exact) mass is 432 g/mol. The summed E-state index contributed by atoms with van der Waals surface area (Å²) in [5, 5.41) is 7.24. The van der Waals surface area contributed by atoms with Gasteiger partial charge in [0, 0.05) is 30.4 Å². The maximum Gasteiger partial charge on any atom is 0.273 e. The molecule has 3 amide bonds. The van der Waals surface area contributed by atoms with Gasteiger partial charge in [0.05, 0.1) is 17.6 Å². The molecule has 1 saturated heterocycles. The molecule has 0 unspecified atom stereocenters. The van der Waals surface area contributed by atoms with E-state index < -0.39 is 11.7 Å². The molecule has 158 valence electrons. The van der Waals surface area contributed by atoms with Crippen LogP contribution in [0, 0.1) is 5.82 Å². The minimum atomic E-state index is -0.553. The second kappa shape index (κ2) is 8.78. The Labute approximate surface area is 176 Å². The second-order valence-corrected chi connectivity index (χ2v) is 7.94. The van der Waals surface area contributed by atoms with E-state index in [-0.39, 0.29) is 61.3 Å². The smallest absolute Gasteiger partial charge is 0.273 e. The van der Waals surface area contributed by atoms with Crippen molar-refractivity contribution in [2.75, 3.05) is 19.7 Å². The average Bonchev–Trinajstić information content (AvgIpc) is 3.39. The normalized spacial score (nSPS) is 22.4. The lowest BCUT2D eigenvalue weighted by molar-refractivity contribution is -0.122. The first-order valence-electron chi connectivity index (χ1n) is 9.71. The van der Waals surface area contributed by atoms with Gasteiger partial charge in [-0.1, -0.05) is 0 Å². The molecule has 2 atom stereocenters. The number of aromatic nitrogens is 1. The molecule has 1 aromatic carbocycles. The van der Waals surface area contributed by atoms with Crippen LogP contribution in [-0.2, 0) is 4.79 Å². The summed E-state index contributed by atoms with van der Waals surface area (Å²) in [7, 11) is 0. The van der Waals surface area contributed by atoms with Crippen molar-refractivity contribution in [2.45, 2.75) is 31.3 Å². The number of thiazole rings is 1. The summed E-state index contributed by atoms with van der Waals surface area (Å²) in [6, 6.07) is 3.15. The summed E-state index contributed by atoms with van der Waals surface area (Å²) in [5.41, 5.74) is 1.98. The molecule has 3 heterocycles. The molecular weight excluding hydrogens is 411 g/mol. The van der Waals surface area contributed by atoms with E-state index in [2.05, 4.69) is 15.6 Å². The first-order chi connectivity index (χ1) is 14.5. The Morgan fingerprint density at radius 2 is 2.07 bits per heavy atom. The zero-order chi connectivity index (χ0) is 21.1. The molecule has 8 nitrogen and oxygen atoms in total. The van der Waals surface area contributed by atoms with E-state index in [9.17, 15) is 18.8 Å². The van der Waals surface area contributed by atoms with Crippen LogP contribution < -0.4 is 15.4 Å². The van der Waals surface area contributed by atoms with E-state index in [4.69, 9.17) is 4.74 Å². The number of fused-ring (bicyclic) bond motifs is 3. The lowest BCUT2D eigenvalue weighted by atomic mass is 10.1. The molecule has 2 bridgehead atoms. The van der Waals surface area contributed by atoms with Gasteiger partial charge in [-0.15, -0.1) is 11.3 Å². The molecule has 10 heteroatoms. The van der Waals surface area contributed by atoms with Gasteiger partial charge in [0.25, 0.3) is 11.8 Å². The number of carbonyl (C=O) groups excluding carboxylic acids is 3. The van der Waals surface area contributed by atoms with Gasteiger partial charge in [0.2, 0.25) is 5.91 Å². The van der Waals surface area contributed by atoms with Crippen LogP contribution in [0.1, 0.15) is 40.1 Å². The van der Waals surface area contributed by atoms with Crippen LogP contribution in [0.25, 0.3) is 0 Å². The fourth-order valence-corrected chi connectivity index (χ4v) is 4.42. The fraction of sp³-hybridized carbons (Fsp3) is 0.400. The van der Waals surface area contributed by atoms with Crippen LogP contribution in [0.4, 0.5) is 4.39 Å². The third-order valence-corrected chi connectivity index (χ3v) is 5.88. The molecule has 2 aliphatic heterocycles. The minimum absolute atomic E-state index is 0.0744. The van der Waals surface area contributed by atoms with E-state index in [1.54, 1.807) is 15.8 Å². The highest BCUT2D eigenvalue weighted by atomic mass is 32.1. The van der Waals surface area contributed by atoms with Gasteiger partial charge in [-0.25, -0.2) is 9.37 Å². The summed E-state index contributed by atoms with van der Waals surface area (Å²) < 4.78 is 19.3. The van der Waals surface area contributed by atoms with Gasteiger partial charge in [-0.05, 0) is 31.0 Å². The Balaban J connectivity index is 1.61. The lowest BCUT2D eigenvalue weighted by Gasteiger charge is -2.30. The number of carbonyl (C=O) groups is 3. The summed E-state index contributed by atoms with van der Waals surface area (Å²) in [6.07, 6.45) is 1.45.